The fourth-order valence-electron chi connectivity index (χ4n) is 3.71. The molecule has 1 saturated heterocycles. The minimum absolute atomic E-state index is 0.124. The van der Waals surface area contributed by atoms with Crippen molar-refractivity contribution in [3.63, 3.8) is 0 Å². The lowest BCUT2D eigenvalue weighted by Crippen LogP contribution is -2.41. The number of nitrogens with zero attached hydrogens (tertiary/aromatic N) is 6. The molecule has 0 aliphatic carbocycles. The van der Waals surface area contributed by atoms with E-state index in [4.69, 9.17) is 0 Å². The van der Waals surface area contributed by atoms with Crippen LogP contribution in [-0.2, 0) is 17.9 Å². The quantitative estimate of drug-likeness (QED) is 0.696. The Morgan fingerprint density at radius 2 is 2.04 bits per heavy atom. The fraction of sp³-hybridized carbons (Fsp3) is 0.400. The molecule has 4 rings (SSSR count). The highest BCUT2D eigenvalue weighted by molar-refractivity contribution is 5.76. The lowest BCUT2D eigenvalue weighted by Gasteiger charge is -2.33. The van der Waals surface area contributed by atoms with Crippen LogP contribution in [0, 0.1) is 6.92 Å². The summed E-state index contributed by atoms with van der Waals surface area (Å²) in [5.74, 6) is 1.44. The highest BCUT2D eigenvalue weighted by atomic mass is 16.2. The normalized spacial score (nSPS) is 17.2. The van der Waals surface area contributed by atoms with Gasteiger partial charge in [-0.15, -0.1) is 0 Å². The zero-order valence-electron chi connectivity index (χ0n) is 15.5. The van der Waals surface area contributed by atoms with Crippen molar-refractivity contribution < 1.29 is 4.79 Å². The monoisotopic (exact) mass is 364 g/mol. The summed E-state index contributed by atoms with van der Waals surface area (Å²) in [5, 5.41) is 4.23. The molecule has 0 saturated carbocycles. The molecule has 0 aromatic carbocycles. The predicted molar refractivity (Wildman–Crippen MR) is 101 cm³/mol. The van der Waals surface area contributed by atoms with Crippen LogP contribution in [0.25, 0.3) is 0 Å². The van der Waals surface area contributed by atoms with Crippen LogP contribution in [0.5, 0.6) is 0 Å². The van der Waals surface area contributed by atoms with Gasteiger partial charge in [0.15, 0.2) is 0 Å². The number of piperidine rings is 1. The Morgan fingerprint density at radius 1 is 1.19 bits per heavy atom. The smallest absolute Gasteiger partial charge is 0.244 e. The number of carbonyl (C=O) groups excluding carboxylic acids is 1. The van der Waals surface area contributed by atoms with E-state index in [1.165, 1.54) is 5.56 Å². The Morgan fingerprint density at radius 3 is 2.81 bits per heavy atom. The summed E-state index contributed by atoms with van der Waals surface area (Å²) in [5.41, 5.74) is 2.20. The molecular formula is C20H24N6O. The zero-order chi connectivity index (χ0) is 18.6. The van der Waals surface area contributed by atoms with Crippen LogP contribution >= 0.6 is 0 Å². The molecule has 7 heteroatoms. The second kappa shape index (κ2) is 7.73. The summed E-state index contributed by atoms with van der Waals surface area (Å²) in [4.78, 5) is 23.4. The Hall–Kier alpha value is -2.96. The van der Waals surface area contributed by atoms with Gasteiger partial charge in [0.25, 0.3) is 0 Å². The van der Waals surface area contributed by atoms with Gasteiger partial charge in [0.2, 0.25) is 5.91 Å². The van der Waals surface area contributed by atoms with Gasteiger partial charge in [0.05, 0.1) is 0 Å². The molecule has 0 N–H and O–H groups in total. The molecule has 0 radical (unpaired) electrons. The van der Waals surface area contributed by atoms with Gasteiger partial charge >= 0.3 is 0 Å². The number of amides is 1. The molecule has 1 aliphatic heterocycles. The maximum atomic E-state index is 12.7. The van der Waals surface area contributed by atoms with E-state index in [2.05, 4.69) is 19.6 Å². The van der Waals surface area contributed by atoms with Crippen LogP contribution in [0.1, 0.15) is 35.8 Å². The average molecular weight is 364 g/mol. The fourth-order valence-corrected chi connectivity index (χ4v) is 3.71. The minimum atomic E-state index is 0.124. The van der Waals surface area contributed by atoms with Crippen molar-refractivity contribution >= 4 is 5.91 Å². The van der Waals surface area contributed by atoms with E-state index in [0.717, 1.165) is 37.4 Å². The van der Waals surface area contributed by atoms with E-state index in [-0.39, 0.29) is 11.8 Å². The number of rotatable bonds is 5. The van der Waals surface area contributed by atoms with Crippen molar-refractivity contribution in [3.8, 4) is 0 Å². The number of carbonyl (C=O) groups is 1. The van der Waals surface area contributed by atoms with Crippen LogP contribution in [0.2, 0.25) is 0 Å². The Kier molecular flexibility index (Phi) is 5.00. The minimum Gasteiger partial charge on any atom is -0.340 e. The van der Waals surface area contributed by atoms with E-state index in [1.54, 1.807) is 10.9 Å². The summed E-state index contributed by atoms with van der Waals surface area (Å²) in [6, 6.07) is 5.96. The Labute approximate surface area is 158 Å². The van der Waals surface area contributed by atoms with E-state index < -0.39 is 0 Å². The second-order valence-corrected chi connectivity index (χ2v) is 7.08. The highest BCUT2D eigenvalue weighted by Crippen LogP contribution is 2.26. The standard InChI is InChI=1S/C20H24N6O/c1-16-4-9-23-26(16)15-19(27)24-11-2-3-18(14-24)20-22-10-12-25(20)13-17-5-7-21-8-6-17/h4-10,12,18H,2-3,11,13-15H2,1H3/t18-/m1/s1. The predicted octanol–water partition coefficient (Wildman–Crippen LogP) is 2.24. The maximum absolute atomic E-state index is 12.7. The van der Waals surface area contributed by atoms with E-state index >= 15 is 0 Å². The first-order valence-electron chi connectivity index (χ1n) is 9.37. The van der Waals surface area contributed by atoms with E-state index in [9.17, 15) is 4.79 Å². The summed E-state index contributed by atoms with van der Waals surface area (Å²) >= 11 is 0. The molecule has 4 heterocycles. The van der Waals surface area contributed by atoms with Gasteiger partial charge < -0.3 is 9.47 Å². The third kappa shape index (κ3) is 3.92. The molecule has 0 bridgehead atoms. The van der Waals surface area contributed by atoms with Crippen LogP contribution in [0.4, 0.5) is 0 Å². The first-order valence-corrected chi connectivity index (χ1v) is 9.37. The summed E-state index contributed by atoms with van der Waals surface area (Å²) in [7, 11) is 0. The third-order valence-corrected chi connectivity index (χ3v) is 5.20. The van der Waals surface area contributed by atoms with Gasteiger partial charge in [-0.3, -0.25) is 14.5 Å². The van der Waals surface area contributed by atoms with Crippen molar-refractivity contribution in [2.45, 2.75) is 38.8 Å². The van der Waals surface area contributed by atoms with Gasteiger partial charge in [0.1, 0.15) is 12.4 Å². The summed E-state index contributed by atoms with van der Waals surface area (Å²) < 4.78 is 3.95. The molecule has 1 fully saturated rings. The Bertz CT molecular complexity index is 900. The van der Waals surface area contributed by atoms with Crippen LogP contribution in [-0.4, -0.2) is 48.2 Å². The molecule has 1 amide bonds. The summed E-state index contributed by atoms with van der Waals surface area (Å²) in [6.45, 7) is 4.56. The van der Waals surface area contributed by atoms with Crippen molar-refractivity contribution in [1.29, 1.82) is 0 Å². The van der Waals surface area contributed by atoms with Gasteiger partial charge in [-0.1, -0.05) is 0 Å². The maximum Gasteiger partial charge on any atom is 0.244 e. The molecule has 3 aromatic rings. The zero-order valence-corrected chi connectivity index (χ0v) is 15.5. The Balaban J connectivity index is 1.45. The van der Waals surface area contributed by atoms with Gasteiger partial charge in [-0.05, 0) is 43.5 Å². The molecule has 140 valence electrons. The molecule has 27 heavy (non-hydrogen) atoms. The molecule has 1 atom stereocenters. The largest absolute Gasteiger partial charge is 0.340 e. The molecule has 0 unspecified atom stereocenters. The van der Waals surface area contributed by atoms with Crippen molar-refractivity contribution in [2.24, 2.45) is 0 Å². The molecule has 7 nitrogen and oxygen atoms in total. The number of pyridine rings is 1. The van der Waals surface area contributed by atoms with Gasteiger partial charge in [-0.2, -0.15) is 5.10 Å². The first-order chi connectivity index (χ1) is 13.2. The van der Waals surface area contributed by atoms with E-state index in [1.807, 2.05) is 54.8 Å². The highest BCUT2D eigenvalue weighted by Gasteiger charge is 2.27. The van der Waals surface area contributed by atoms with E-state index in [0.29, 0.717) is 13.1 Å². The second-order valence-electron chi connectivity index (χ2n) is 7.08. The molecular weight excluding hydrogens is 340 g/mol. The van der Waals surface area contributed by atoms with Gasteiger partial charge in [0, 0.05) is 62.2 Å². The molecule has 1 aliphatic rings. The number of aryl methyl sites for hydroxylation is 1. The topological polar surface area (TPSA) is 68.8 Å². The molecule has 3 aromatic heterocycles. The van der Waals surface area contributed by atoms with Crippen molar-refractivity contribution in [3.05, 3.63) is 66.3 Å². The molecule has 0 spiro atoms. The number of hydrogen-bond acceptors (Lipinski definition) is 4. The average Bonchev–Trinajstić information content (AvgIpc) is 3.32. The lowest BCUT2D eigenvalue weighted by atomic mass is 9.97. The SMILES string of the molecule is Cc1ccnn1CC(=O)N1CCC[C@@H](c2nccn2Cc2ccncc2)C1. The van der Waals surface area contributed by atoms with Crippen molar-refractivity contribution in [2.75, 3.05) is 13.1 Å². The first kappa shape index (κ1) is 17.5. The summed E-state index contributed by atoms with van der Waals surface area (Å²) in [6.07, 6.45) is 11.3. The number of imidazole rings is 1. The number of likely N-dealkylation sites (tertiary alicyclic amines) is 1. The third-order valence-electron chi connectivity index (χ3n) is 5.20. The van der Waals surface area contributed by atoms with Crippen LogP contribution in [0.3, 0.4) is 0 Å². The van der Waals surface area contributed by atoms with Gasteiger partial charge in [-0.25, -0.2) is 4.98 Å². The van der Waals surface area contributed by atoms with Crippen LogP contribution in [0.15, 0.2) is 49.2 Å². The number of hydrogen-bond donors (Lipinski definition) is 0. The van der Waals surface area contributed by atoms with Crippen LogP contribution < -0.4 is 0 Å². The number of aromatic nitrogens is 5. The lowest BCUT2D eigenvalue weighted by molar-refractivity contribution is -0.133. The van der Waals surface area contributed by atoms with Crippen molar-refractivity contribution in [1.82, 2.24) is 29.2 Å².